The van der Waals surface area contributed by atoms with Crippen molar-refractivity contribution in [3.05, 3.63) is 24.2 Å². The minimum absolute atomic E-state index is 0.132. The molecule has 3 saturated heterocycles. The Morgan fingerprint density at radius 3 is 2.84 bits per heavy atom. The second-order valence-corrected chi connectivity index (χ2v) is 7.49. The third-order valence-corrected chi connectivity index (χ3v) is 6.06. The van der Waals surface area contributed by atoms with Crippen LogP contribution in [-0.4, -0.2) is 67.8 Å². The number of carbonyl (C=O) groups excluding carboxylic acids is 1. The highest BCUT2D eigenvalue weighted by Gasteiger charge is 2.47. The van der Waals surface area contributed by atoms with E-state index in [1.54, 1.807) is 13.4 Å². The molecule has 3 atom stereocenters. The van der Waals surface area contributed by atoms with Crippen LogP contribution in [0.4, 0.5) is 0 Å². The SMILES string of the molecule is CO[C@@H]1CCN(C(=O)C2CCOCC2)[C@@H]2CN(Cc3ccco3)C[C@@H]21. The molecular weight excluding hydrogens is 320 g/mol. The summed E-state index contributed by atoms with van der Waals surface area (Å²) in [6.07, 6.45) is 4.61. The number of likely N-dealkylation sites (tertiary alicyclic amines) is 2. The Morgan fingerprint density at radius 1 is 1.28 bits per heavy atom. The lowest BCUT2D eigenvalue weighted by Gasteiger charge is -2.42. The fourth-order valence-electron chi connectivity index (χ4n) is 4.73. The maximum Gasteiger partial charge on any atom is 0.226 e. The van der Waals surface area contributed by atoms with Gasteiger partial charge in [0, 0.05) is 51.8 Å². The summed E-state index contributed by atoms with van der Waals surface area (Å²) in [5.74, 6) is 1.83. The Bertz CT molecular complexity index is 570. The summed E-state index contributed by atoms with van der Waals surface area (Å²) in [6, 6.07) is 4.20. The second-order valence-electron chi connectivity index (χ2n) is 7.49. The number of hydrogen-bond donors (Lipinski definition) is 0. The van der Waals surface area contributed by atoms with Gasteiger partial charge in [0.1, 0.15) is 5.76 Å². The molecule has 4 rings (SSSR count). The average Bonchev–Trinajstić information content (AvgIpc) is 3.31. The third kappa shape index (κ3) is 3.48. The zero-order valence-corrected chi connectivity index (χ0v) is 14.9. The predicted octanol–water partition coefficient (Wildman–Crippen LogP) is 1.75. The molecule has 0 radical (unpaired) electrons. The molecule has 3 aliphatic heterocycles. The van der Waals surface area contributed by atoms with Crippen molar-refractivity contribution in [3.63, 3.8) is 0 Å². The number of amides is 1. The van der Waals surface area contributed by atoms with Crippen LogP contribution in [0, 0.1) is 11.8 Å². The summed E-state index contributed by atoms with van der Waals surface area (Å²) < 4.78 is 16.7. The van der Waals surface area contributed by atoms with Gasteiger partial charge in [-0.25, -0.2) is 0 Å². The lowest BCUT2D eigenvalue weighted by atomic mass is 9.87. The van der Waals surface area contributed by atoms with E-state index in [0.717, 1.165) is 51.2 Å². The molecule has 0 unspecified atom stereocenters. The zero-order chi connectivity index (χ0) is 17.2. The molecule has 0 spiro atoms. The van der Waals surface area contributed by atoms with Crippen molar-refractivity contribution in [3.8, 4) is 0 Å². The minimum Gasteiger partial charge on any atom is -0.468 e. The Morgan fingerprint density at radius 2 is 2.12 bits per heavy atom. The topological polar surface area (TPSA) is 55.1 Å². The van der Waals surface area contributed by atoms with Gasteiger partial charge in [0.25, 0.3) is 0 Å². The number of carbonyl (C=O) groups is 1. The fraction of sp³-hybridized carbons (Fsp3) is 0.737. The van der Waals surface area contributed by atoms with Crippen LogP contribution in [0.3, 0.4) is 0 Å². The van der Waals surface area contributed by atoms with E-state index >= 15 is 0 Å². The highest BCUT2D eigenvalue weighted by Crippen LogP contribution is 2.35. The van der Waals surface area contributed by atoms with Gasteiger partial charge in [-0.1, -0.05) is 0 Å². The van der Waals surface area contributed by atoms with Gasteiger partial charge in [0.2, 0.25) is 5.91 Å². The number of rotatable bonds is 4. The van der Waals surface area contributed by atoms with E-state index in [1.807, 2.05) is 12.1 Å². The van der Waals surface area contributed by atoms with Gasteiger partial charge in [0.15, 0.2) is 0 Å². The van der Waals surface area contributed by atoms with Crippen molar-refractivity contribution in [2.45, 2.75) is 38.0 Å². The monoisotopic (exact) mass is 348 g/mol. The molecule has 0 N–H and O–H groups in total. The van der Waals surface area contributed by atoms with Crippen LogP contribution in [0.5, 0.6) is 0 Å². The van der Waals surface area contributed by atoms with Crippen molar-refractivity contribution in [2.24, 2.45) is 11.8 Å². The van der Waals surface area contributed by atoms with E-state index in [9.17, 15) is 4.79 Å². The second kappa shape index (κ2) is 7.48. The molecule has 3 fully saturated rings. The van der Waals surface area contributed by atoms with Gasteiger partial charge in [-0.15, -0.1) is 0 Å². The van der Waals surface area contributed by atoms with Crippen LogP contribution in [0.2, 0.25) is 0 Å². The summed E-state index contributed by atoms with van der Waals surface area (Å²) in [5.41, 5.74) is 0. The largest absolute Gasteiger partial charge is 0.468 e. The van der Waals surface area contributed by atoms with Crippen molar-refractivity contribution in [1.29, 1.82) is 0 Å². The van der Waals surface area contributed by atoms with Crippen LogP contribution in [0.15, 0.2) is 22.8 Å². The molecule has 0 aliphatic carbocycles. The van der Waals surface area contributed by atoms with Gasteiger partial charge in [-0.2, -0.15) is 0 Å². The number of furan rings is 1. The smallest absolute Gasteiger partial charge is 0.226 e. The Kier molecular flexibility index (Phi) is 5.10. The van der Waals surface area contributed by atoms with Crippen LogP contribution in [-0.2, 0) is 20.8 Å². The number of fused-ring (bicyclic) bond motifs is 1. The summed E-state index contributed by atoms with van der Waals surface area (Å²) in [7, 11) is 1.80. The third-order valence-electron chi connectivity index (χ3n) is 6.06. The number of nitrogens with zero attached hydrogens (tertiary/aromatic N) is 2. The van der Waals surface area contributed by atoms with Gasteiger partial charge >= 0.3 is 0 Å². The van der Waals surface area contributed by atoms with Crippen molar-refractivity contribution in [2.75, 3.05) is 40.0 Å². The van der Waals surface area contributed by atoms with Crippen LogP contribution in [0.25, 0.3) is 0 Å². The van der Waals surface area contributed by atoms with Crippen molar-refractivity contribution in [1.82, 2.24) is 9.80 Å². The number of ether oxygens (including phenoxy) is 2. The number of hydrogen-bond acceptors (Lipinski definition) is 5. The minimum atomic E-state index is 0.132. The maximum atomic E-state index is 13.1. The van der Waals surface area contributed by atoms with E-state index in [-0.39, 0.29) is 18.1 Å². The van der Waals surface area contributed by atoms with Crippen LogP contribution < -0.4 is 0 Å². The molecule has 1 amide bonds. The summed E-state index contributed by atoms with van der Waals surface area (Å²) in [4.78, 5) is 17.7. The molecule has 6 heteroatoms. The highest BCUT2D eigenvalue weighted by molar-refractivity contribution is 5.79. The molecule has 25 heavy (non-hydrogen) atoms. The Balaban J connectivity index is 1.47. The molecule has 0 saturated carbocycles. The summed E-state index contributed by atoms with van der Waals surface area (Å²) >= 11 is 0. The zero-order valence-electron chi connectivity index (χ0n) is 14.9. The number of piperidine rings is 1. The van der Waals surface area contributed by atoms with E-state index in [4.69, 9.17) is 13.9 Å². The molecule has 138 valence electrons. The van der Waals surface area contributed by atoms with E-state index in [1.165, 1.54) is 0 Å². The fourth-order valence-corrected chi connectivity index (χ4v) is 4.73. The van der Waals surface area contributed by atoms with Crippen LogP contribution >= 0.6 is 0 Å². The quantitative estimate of drug-likeness (QED) is 0.830. The summed E-state index contributed by atoms with van der Waals surface area (Å²) in [5, 5.41) is 0. The Labute approximate surface area is 149 Å². The molecule has 4 heterocycles. The van der Waals surface area contributed by atoms with E-state index in [2.05, 4.69) is 9.80 Å². The first-order valence-corrected chi connectivity index (χ1v) is 9.42. The first kappa shape index (κ1) is 17.1. The Hall–Kier alpha value is -1.37. The van der Waals surface area contributed by atoms with E-state index in [0.29, 0.717) is 25.0 Å². The van der Waals surface area contributed by atoms with Gasteiger partial charge in [-0.3, -0.25) is 9.69 Å². The molecule has 0 aromatic carbocycles. The van der Waals surface area contributed by atoms with Gasteiger partial charge in [-0.05, 0) is 31.4 Å². The predicted molar refractivity (Wildman–Crippen MR) is 91.9 cm³/mol. The van der Waals surface area contributed by atoms with Gasteiger partial charge in [0.05, 0.1) is 25.0 Å². The standard InChI is InChI=1S/C19H28N2O4/c1-23-18-4-7-21(19(22)14-5-9-24-10-6-14)17-13-20(12-16(17)18)11-15-3-2-8-25-15/h2-3,8,14,16-18H,4-7,9-13H2,1H3/t16-,17+,18+/m0/s1. The molecule has 1 aromatic rings. The molecule has 6 nitrogen and oxygen atoms in total. The molecule has 0 bridgehead atoms. The van der Waals surface area contributed by atoms with Crippen LogP contribution in [0.1, 0.15) is 25.0 Å². The normalized spacial score (nSPS) is 31.2. The lowest BCUT2D eigenvalue weighted by Crippen LogP contribution is -2.55. The van der Waals surface area contributed by atoms with E-state index < -0.39 is 0 Å². The van der Waals surface area contributed by atoms with Crippen molar-refractivity contribution < 1.29 is 18.7 Å². The first-order chi connectivity index (χ1) is 12.3. The lowest BCUT2D eigenvalue weighted by molar-refractivity contribution is -0.146. The highest BCUT2D eigenvalue weighted by atomic mass is 16.5. The number of methoxy groups -OCH3 is 1. The maximum absolute atomic E-state index is 13.1. The molecular formula is C19H28N2O4. The molecule has 3 aliphatic rings. The van der Waals surface area contributed by atoms with Gasteiger partial charge < -0.3 is 18.8 Å². The first-order valence-electron chi connectivity index (χ1n) is 9.42. The average molecular weight is 348 g/mol. The van der Waals surface area contributed by atoms with Crippen molar-refractivity contribution >= 4 is 5.91 Å². The summed E-state index contributed by atoms with van der Waals surface area (Å²) in [6.45, 7) is 4.90. The molecule has 1 aromatic heterocycles.